The molecular formula is C32H28FN5O. The highest BCUT2D eigenvalue weighted by molar-refractivity contribution is 5.91. The van der Waals surface area contributed by atoms with Crippen molar-refractivity contribution in [1.29, 1.82) is 5.26 Å². The summed E-state index contributed by atoms with van der Waals surface area (Å²) in [6, 6.07) is 22.7. The first kappa shape index (κ1) is 24.6. The van der Waals surface area contributed by atoms with Crippen LogP contribution in [0.3, 0.4) is 0 Å². The topological polar surface area (TPSA) is 66.5 Å². The SMILES string of the molecule is Cc1ccc(-c2c(-c3ccc(C#N)c(F)c3)nc(N3CCCCC3)n3ccnc23)cc1OCc1ccccc1. The summed E-state index contributed by atoms with van der Waals surface area (Å²) in [6.45, 7) is 4.28. The average Bonchev–Trinajstić information content (AvgIpc) is 3.47. The van der Waals surface area contributed by atoms with Crippen LogP contribution in [0.5, 0.6) is 5.75 Å². The average molecular weight is 518 g/mol. The molecule has 1 fully saturated rings. The Morgan fingerprint density at radius 1 is 0.974 bits per heavy atom. The molecule has 7 heteroatoms. The predicted octanol–water partition coefficient (Wildman–Crippen LogP) is 6.95. The normalized spacial score (nSPS) is 13.4. The van der Waals surface area contributed by atoms with E-state index in [1.165, 1.54) is 18.6 Å². The molecule has 0 bridgehead atoms. The Labute approximate surface area is 227 Å². The second-order valence-corrected chi connectivity index (χ2v) is 9.86. The zero-order valence-electron chi connectivity index (χ0n) is 21.8. The van der Waals surface area contributed by atoms with Crippen molar-refractivity contribution in [1.82, 2.24) is 14.4 Å². The number of halogens is 1. The summed E-state index contributed by atoms with van der Waals surface area (Å²) >= 11 is 0. The molecular weight excluding hydrogens is 489 g/mol. The third-order valence-corrected chi connectivity index (χ3v) is 7.24. The van der Waals surface area contributed by atoms with Gasteiger partial charge in [0.15, 0.2) is 0 Å². The van der Waals surface area contributed by atoms with E-state index in [-0.39, 0.29) is 5.56 Å². The summed E-state index contributed by atoms with van der Waals surface area (Å²) in [5.74, 6) is 0.984. The van der Waals surface area contributed by atoms with E-state index in [9.17, 15) is 9.65 Å². The van der Waals surface area contributed by atoms with Gasteiger partial charge in [-0.3, -0.25) is 4.40 Å². The fourth-order valence-electron chi connectivity index (χ4n) is 5.16. The number of fused-ring (bicyclic) bond motifs is 1. The fourth-order valence-corrected chi connectivity index (χ4v) is 5.16. The lowest BCUT2D eigenvalue weighted by Gasteiger charge is -2.29. The second kappa shape index (κ2) is 10.6. The number of hydrogen-bond donors (Lipinski definition) is 0. The van der Waals surface area contributed by atoms with E-state index in [0.29, 0.717) is 17.9 Å². The van der Waals surface area contributed by atoms with Crippen LogP contribution in [0.2, 0.25) is 0 Å². The molecule has 0 N–H and O–H groups in total. The van der Waals surface area contributed by atoms with Crippen molar-refractivity contribution < 1.29 is 9.13 Å². The van der Waals surface area contributed by atoms with E-state index in [0.717, 1.165) is 65.5 Å². The highest BCUT2D eigenvalue weighted by atomic mass is 19.1. The van der Waals surface area contributed by atoms with Crippen molar-refractivity contribution in [3.63, 3.8) is 0 Å². The van der Waals surface area contributed by atoms with Crippen LogP contribution in [0.1, 0.15) is 36.0 Å². The molecule has 6 nitrogen and oxygen atoms in total. The number of hydrogen-bond acceptors (Lipinski definition) is 5. The highest BCUT2D eigenvalue weighted by Crippen LogP contribution is 2.39. The maximum atomic E-state index is 14.9. The second-order valence-electron chi connectivity index (χ2n) is 9.86. The molecule has 3 heterocycles. The maximum Gasteiger partial charge on any atom is 0.211 e. The van der Waals surface area contributed by atoms with E-state index in [1.54, 1.807) is 12.3 Å². The summed E-state index contributed by atoms with van der Waals surface area (Å²) < 4.78 is 23.1. The molecule has 3 aromatic carbocycles. The standard InChI is InChI=1S/C32H28FN5O/c1-22-10-11-24(19-28(22)39-21-23-8-4-2-5-9-23)29-30(25-12-13-26(20-34)27(33)18-25)36-32(37-15-6-3-7-16-37)38-17-14-35-31(29)38/h2,4-5,8-14,17-19H,3,6-7,15-16,21H2,1H3. The van der Waals surface area contributed by atoms with Crippen molar-refractivity contribution in [2.45, 2.75) is 32.8 Å². The minimum absolute atomic E-state index is 0.00498. The first-order valence-corrected chi connectivity index (χ1v) is 13.2. The molecule has 0 spiro atoms. The largest absolute Gasteiger partial charge is 0.489 e. The van der Waals surface area contributed by atoms with Crippen molar-refractivity contribution >= 4 is 11.6 Å². The number of anilines is 1. The van der Waals surface area contributed by atoms with E-state index < -0.39 is 5.82 Å². The molecule has 0 unspecified atom stereocenters. The molecule has 1 saturated heterocycles. The van der Waals surface area contributed by atoms with E-state index in [4.69, 9.17) is 14.7 Å². The Hall–Kier alpha value is -4.70. The Kier molecular flexibility index (Phi) is 6.68. The summed E-state index contributed by atoms with van der Waals surface area (Å²) in [4.78, 5) is 12.2. The van der Waals surface area contributed by atoms with Crippen LogP contribution in [0, 0.1) is 24.1 Å². The minimum Gasteiger partial charge on any atom is -0.489 e. The molecule has 0 aliphatic carbocycles. The molecule has 5 aromatic rings. The Bertz CT molecular complexity index is 1680. The van der Waals surface area contributed by atoms with Gasteiger partial charge < -0.3 is 9.64 Å². The van der Waals surface area contributed by atoms with Gasteiger partial charge in [0.05, 0.1) is 16.8 Å². The van der Waals surface area contributed by atoms with Gasteiger partial charge in [0.2, 0.25) is 5.95 Å². The summed E-state index contributed by atoms with van der Waals surface area (Å²) in [5.41, 5.74) is 5.71. The zero-order chi connectivity index (χ0) is 26.8. The Morgan fingerprint density at radius 3 is 2.54 bits per heavy atom. The summed E-state index contributed by atoms with van der Waals surface area (Å²) in [6.07, 6.45) is 7.10. The number of nitrogens with zero attached hydrogens (tertiary/aromatic N) is 5. The van der Waals surface area contributed by atoms with E-state index >= 15 is 0 Å². The van der Waals surface area contributed by atoms with Gasteiger partial charge in [0.25, 0.3) is 0 Å². The van der Waals surface area contributed by atoms with Gasteiger partial charge >= 0.3 is 0 Å². The Balaban J connectivity index is 1.52. The molecule has 0 radical (unpaired) electrons. The number of benzene rings is 3. The summed E-state index contributed by atoms with van der Waals surface area (Å²) in [7, 11) is 0. The van der Waals surface area contributed by atoms with Crippen molar-refractivity contribution in [3.8, 4) is 34.2 Å². The minimum atomic E-state index is -0.568. The van der Waals surface area contributed by atoms with Gasteiger partial charge in [-0.05, 0) is 61.1 Å². The van der Waals surface area contributed by atoms with Gasteiger partial charge in [-0.15, -0.1) is 0 Å². The zero-order valence-corrected chi connectivity index (χ0v) is 21.8. The molecule has 39 heavy (non-hydrogen) atoms. The first-order valence-electron chi connectivity index (χ1n) is 13.2. The van der Waals surface area contributed by atoms with Gasteiger partial charge in [-0.2, -0.15) is 5.26 Å². The molecule has 0 saturated carbocycles. The van der Waals surface area contributed by atoms with Gasteiger partial charge in [0, 0.05) is 31.0 Å². The van der Waals surface area contributed by atoms with Crippen molar-refractivity contribution in [2.75, 3.05) is 18.0 Å². The van der Waals surface area contributed by atoms with Gasteiger partial charge in [-0.1, -0.05) is 48.5 Å². The van der Waals surface area contributed by atoms with Crippen molar-refractivity contribution in [3.05, 3.63) is 102 Å². The number of imidazole rings is 1. The maximum absolute atomic E-state index is 14.9. The van der Waals surface area contributed by atoms with Crippen LogP contribution in [0.4, 0.5) is 10.3 Å². The molecule has 0 amide bonds. The number of ether oxygens (including phenoxy) is 1. The van der Waals surface area contributed by atoms with Crippen LogP contribution in [0.25, 0.3) is 28.0 Å². The lowest BCUT2D eigenvalue weighted by Crippen LogP contribution is -2.32. The third-order valence-electron chi connectivity index (χ3n) is 7.24. The fraction of sp³-hybridized carbons (Fsp3) is 0.219. The number of aromatic nitrogens is 3. The molecule has 1 aliphatic rings. The Morgan fingerprint density at radius 2 is 1.77 bits per heavy atom. The predicted molar refractivity (Wildman–Crippen MR) is 150 cm³/mol. The number of piperidine rings is 1. The van der Waals surface area contributed by atoms with Gasteiger partial charge in [-0.25, -0.2) is 14.4 Å². The third kappa shape index (κ3) is 4.82. The van der Waals surface area contributed by atoms with Crippen LogP contribution in [-0.4, -0.2) is 27.5 Å². The molecule has 6 rings (SSSR count). The number of aryl methyl sites for hydroxylation is 1. The van der Waals surface area contributed by atoms with Gasteiger partial charge in [0.1, 0.15) is 29.9 Å². The number of rotatable bonds is 6. The molecule has 1 aliphatic heterocycles. The van der Waals surface area contributed by atoms with Crippen LogP contribution < -0.4 is 9.64 Å². The number of nitriles is 1. The first-order chi connectivity index (χ1) is 19.1. The van der Waals surface area contributed by atoms with E-state index in [2.05, 4.69) is 4.90 Å². The quantitative estimate of drug-likeness (QED) is 0.244. The highest BCUT2D eigenvalue weighted by Gasteiger charge is 2.23. The van der Waals surface area contributed by atoms with Crippen LogP contribution in [-0.2, 0) is 6.61 Å². The van der Waals surface area contributed by atoms with Crippen LogP contribution in [0.15, 0.2) is 79.1 Å². The lowest BCUT2D eigenvalue weighted by atomic mass is 9.97. The smallest absolute Gasteiger partial charge is 0.211 e. The molecule has 0 atom stereocenters. The monoisotopic (exact) mass is 517 g/mol. The lowest BCUT2D eigenvalue weighted by molar-refractivity contribution is 0.304. The van der Waals surface area contributed by atoms with Crippen LogP contribution >= 0.6 is 0 Å². The molecule has 2 aromatic heterocycles. The van der Waals surface area contributed by atoms with Crippen molar-refractivity contribution in [2.24, 2.45) is 0 Å². The van der Waals surface area contributed by atoms with E-state index in [1.807, 2.05) is 72.1 Å². The molecule has 194 valence electrons. The summed E-state index contributed by atoms with van der Waals surface area (Å²) in [5, 5.41) is 9.29.